The van der Waals surface area contributed by atoms with Crippen LogP contribution in [0, 0.1) is 0 Å². The van der Waals surface area contributed by atoms with Crippen LogP contribution in [0.2, 0.25) is 0 Å². The van der Waals surface area contributed by atoms with Gasteiger partial charge in [0, 0.05) is 25.8 Å². The first-order valence-electron chi connectivity index (χ1n) is 5.40. The predicted molar refractivity (Wildman–Crippen MR) is 54.3 cm³/mol. The number of nitrogens with one attached hydrogen (secondary N) is 1. The SMILES string of the molecule is CCOCC(O)CNC1CCCOC1. The summed E-state index contributed by atoms with van der Waals surface area (Å²) in [5, 5.41) is 12.8. The molecule has 1 fully saturated rings. The van der Waals surface area contributed by atoms with Crippen molar-refractivity contribution in [3.05, 3.63) is 0 Å². The molecule has 0 bridgehead atoms. The van der Waals surface area contributed by atoms with Gasteiger partial charge in [0.2, 0.25) is 0 Å². The van der Waals surface area contributed by atoms with Crippen molar-refractivity contribution in [3.8, 4) is 0 Å². The molecule has 84 valence electrons. The van der Waals surface area contributed by atoms with E-state index >= 15 is 0 Å². The lowest BCUT2D eigenvalue weighted by Crippen LogP contribution is -2.41. The van der Waals surface area contributed by atoms with E-state index in [1.165, 1.54) is 0 Å². The van der Waals surface area contributed by atoms with Crippen molar-refractivity contribution >= 4 is 0 Å². The maximum atomic E-state index is 9.48. The van der Waals surface area contributed by atoms with Gasteiger partial charge in [0.05, 0.1) is 19.3 Å². The molecule has 1 aliphatic rings. The van der Waals surface area contributed by atoms with E-state index in [1.807, 2.05) is 6.92 Å². The van der Waals surface area contributed by atoms with Crippen molar-refractivity contribution in [2.75, 3.05) is 33.0 Å². The first kappa shape index (κ1) is 11.9. The van der Waals surface area contributed by atoms with Crippen LogP contribution in [-0.4, -0.2) is 50.2 Å². The van der Waals surface area contributed by atoms with Gasteiger partial charge in [0.1, 0.15) is 0 Å². The fourth-order valence-electron chi connectivity index (χ4n) is 1.52. The van der Waals surface area contributed by atoms with Crippen molar-refractivity contribution in [2.45, 2.75) is 31.9 Å². The Hall–Kier alpha value is -0.160. The van der Waals surface area contributed by atoms with Crippen LogP contribution in [-0.2, 0) is 9.47 Å². The molecule has 0 aliphatic carbocycles. The highest BCUT2D eigenvalue weighted by molar-refractivity contribution is 4.71. The third kappa shape index (κ3) is 4.91. The maximum absolute atomic E-state index is 9.48. The Kier molecular flexibility index (Phi) is 6.10. The van der Waals surface area contributed by atoms with Crippen LogP contribution in [0.15, 0.2) is 0 Å². The lowest BCUT2D eigenvalue weighted by Gasteiger charge is -2.24. The van der Waals surface area contributed by atoms with Gasteiger partial charge in [0.15, 0.2) is 0 Å². The molecule has 2 atom stereocenters. The van der Waals surface area contributed by atoms with E-state index in [9.17, 15) is 5.11 Å². The largest absolute Gasteiger partial charge is 0.389 e. The lowest BCUT2D eigenvalue weighted by atomic mass is 10.1. The van der Waals surface area contributed by atoms with Gasteiger partial charge < -0.3 is 19.9 Å². The monoisotopic (exact) mass is 203 g/mol. The molecule has 0 aromatic rings. The summed E-state index contributed by atoms with van der Waals surface area (Å²) < 4.78 is 10.4. The zero-order valence-electron chi connectivity index (χ0n) is 8.87. The molecule has 1 aliphatic heterocycles. The Labute approximate surface area is 85.6 Å². The fraction of sp³-hybridized carbons (Fsp3) is 1.00. The summed E-state index contributed by atoms with van der Waals surface area (Å²) >= 11 is 0. The Morgan fingerprint density at radius 3 is 3.14 bits per heavy atom. The van der Waals surface area contributed by atoms with Gasteiger partial charge in [-0.3, -0.25) is 0 Å². The summed E-state index contributed by atoms with van der Waals surface area (Å²) in [6.45, 7) is 5.23. The smallest absolute Gasteiger partial charge is 0.0897 e. The van der Waals surface area contributed by atoms with Crippen molar-refractivity contribution in [3.63, 3.8) is 0 Å². The highest BCUT2D eigenvalue weighted by Gasteiger charge is 2.14. The third-order valence-corrected chi connectivity index (χ3v) is 2.32. The van der Waals surface area contributed by atoms with E-state index in [-0.39, 0.29) is 0 Å². The van der Waals surface area contributed by atoms with E-state index in [0.29, 0.717) is 25.8 Å². The highest BCUT2D eigenvalue weighted by Crippen LogP contribution is 2.05. The van der Waals surface area contributed by atoms with Crippen molar-refractivity contribution in [2.24, 2.45) is 0 Å². The van der Waals surface area contributed by atoms with Crippen LogP contribution >= 0.6 is 0 Å². The summed E-state index contributed by atoms with van der Waals surface area (Å²) in [7, 11) is 0. The topological polar surface area (TPSA) is 50.7 Å². The zero-order valence-corrected chi connectivity index (χ0v) is 8.87. The molecule has 4 nitrogen and oxygen atoms in total. The van der Waals surface area contributed by atoms with Crippen LogP contribution in [0.5, 0.6) is 0 Å². The van der Waals surface area contributed by atoms with Gasteiger partial charge in [-0.1, -0.05) is 0 Å². The second-order valence-corrected chi connectivity index (χ2v) is 3.64. The molecule has 0 spiro atoms. The van der Waals surface area contributed by atoms with Gasteiger partial charge in [0.25, 0.3) is 0 Å². The minimum atomic E-state index is -0.406. The number of hydrogen-bond acceptors (Lipinski definition) is 4. The van der Waals surface area contributed by atoms with Crippen LogP contribution in [0.25, 0.3) is 0 Å². The van der Waals surface area contributed by atoms with Gasteiger partial charge in [-0.2, -0.15) is 0 Å². The minimum absolute atomic E-state index is 0.403. The molecule has 0 aromatic heterocycles. The zero-order chi connectivity index (χ0) is 10.2. The molecule has 0 radical (unpaired) electrons. The van der Waals surface area contributed by atoms with Crippen LogP contribution in [0.4, 0.5) is 0 Å². The maximum Gasteiger partial charge on any atom is 0.0897 e. The predicted octanol–water partition coefficient (Wildman–Crippen LogP) is 0.152. The van der Waals surface area contributed by atoms with E-state index in [1.54, 1.807) is 0 Å². The molecule has 14 heavy (non-hydrogen) atoms. The number of hydrogen-bond donors (Lipinski definition) is 2. The summed E-state index contributed by atoms with van der Waals surface area (Å²) in [4.78, 5) is 0. The number of ether oxygens (including phenoxy) is 2. The van der Waals surface area contributed by atoms with E-state index in [2.05, 4.69) is 5.32 Å². The molecule has 0 aromatic carbocycles. The third-order valence-electron chi connectivity index (χ3n) is 2.32. The number of rotatable bonds is 6. The van der Waals surface area contributed by atoms with Crippen molar-refractivity contribution < 1.29 is 14.6 Å². The quantitative estimate of drug-likeness (QED) is 0.645. The summed E-state index contributed by atoms with van der Waals surface area (Å²) in [5.41, 5.74) is 0. The molecule has 1 heterocycles. The molecule has 2 unspecified atom stereocenters. The van der Waals surface area contributed by atoms with Crippen LogP contribution in [0.3, 0.4) is 0 Å². The standard InChI is InChI=1S/C10H21NO3/c1-2-13-8-10(12)6-11-9-4-3-5-14-7-9/h9-12H,2-8H2,1H3. The van der Waals surface area contributed by atoms with E-state index < -0.39 is 6.10 Å². The summed E-state index contributed by atoms with van der Waals surface area (Å²) in [5.74, 6) is 0. The van der Waals surface area contributed by atoms with Gasteiger partial charge in [-0.05, 0) is 19.8 Å². The van der Waals surface area contributed by atoms with E-state index in [0.717, 1.165) is 26.1 Å². The Bertz CT molecular complexity index is 137. The molecule has 0 amide bonds. The first-order chi connectivity index (χ1) is 6.83. The molecular weight excluding hydrogens is 182 g/mol. The Morgan fingerprint density at radius 1 is 1.64 bits per heavy atom. The molecule has 4 heteroatoms. The highest BCUT2D eigenvalue weighted by atomic mass is 16.5. The summed E-state index contributed by atoms with van der Waals surface area (Å²) in [6.07, 6.45) is 1.84. The fourth-order valence-corrected chi connectivity index (χ4v) is 1.52. The second-order valence-electron chi connectivity index (χ2n) is 3.64. The Balaban J connectivity index is 2.00. The number of aliphatic hydroxyl groups excluding tert-OH is 1. The van der Waals surface area contributed by atoms with Crippen molar-refractivity contribution in [1.82, 2.24) is 5.32 Å². The molecular formula is C10H21NO3. The van der Waals surface area contributed by atoms with Crippen molar-refractivity contribution in [1.29, 1.82) is 0 Å². The van der Waals surface area contributed by atoms with Crippen LogP contribution < -0.4 is 5.32 Å². The average molecular weight is 203 g/mol. The van der Waals surface area contributed by atoms with Crippen LogP contribution in [0.1, 0.15) is 19.8 Å². The van der Waals surface area contributed by atoms with E-state index in [4.69, 9.17) is 9.47 Å². The van der Waals surface area contributed by atoms with Gasteiger partial charge in [-0.15, -0.1) is 0 Å². The van der Waals surface area contributed by atoms with Gasteiger partial charge >= 0.3 is 0 Å². The average Bonchev–Trinajstić information content (AvgIpc) is 2.25. The molecule has 2 N–H and O–H groups in total. The second kappa shape index (κ2) is 7.17. The lowest BCUT2D eigenvalue weighted by molar-refractivity contribution is 0.0310. The number of aliphatic hydroxyl groups is 1. The van der Waals surface area contributed by atoms with Gasteiger partial charge in [-0.25, -0.2) is 0 Å². The molecule has 0 saturated carbocycles. The normalized spacial score (nSPS) is 24.9. The first-order valence-corrected chi connectivity index (χ1v) is 5.40. The minimum Gasteiger partial charge on any atom is -0.389 e. The summed E-state index contributed by atoms with van der Waals surface area (Å²) in [6, 6.07) is 0.403. The molecule has 1 rings (SSSR count). The Morgan fingerprint density at radius 2 is 2.50 bits per heavy atom. The molecule has 1 saturated heterocycles.